The van der Waals surface area contributed by atoms with E-state index in [4.69, 9.17) is 25.1 Å². The maximum absolute atomic E-state index is 11.9. The molecule has 146 valence electrons. The normalized spacial score (nSPS) is 12.8. The van der Waals surface area contributed by atoms with Gasteiger partial charge in [0.25, 0.3) is 0 Å². The molecule has 7 nitrogen and oxygen atoms in total. The molecule has 0 unspecified atom stereocenters. The van der Waals surface area contributed by atoms with Crippen molar-refractivity contribution in [3.8, 4) is 17.2 Å². The van der Waals surface area contributed by atoms with Crippen molar-refractivity contribution in [2.45, 2.75) is 18.9 Å². The third kappa shape index (κ3) is 5.60. The first-order valence-corrected chi connectivity index (χ1v) is 8.54. The molecule has 0 fully saturated rings. The van der Waals surface area contributed by atoms with E-state index in [-0.39, 0.29) is 0 Å². The van der Waals surface area contributed by atoms with E-state index in [2.05, 4.69) is 5.32 Å². The van der Waals surface area contributed by atoms with E-state index in [0.29, 0.717) is 36.0 Å². The van der Waals surface area contributed by atoms with Gasteiger partial charge in [0.05, 0.1) is 27.4 Å². The Morgan fingerprint density at radius 2 is 1.78 bits per heavy atom. The number of methoxy groups -OCH3 is 2. The highest BCUT2D eigenvalue weighted by molar-refractivity contribution is 5.97. The van der Waals surface area contributed by atoms with Gasteiger partial charge in [0.15, 0.2) is 11.5 Å². The molecular weight excluding hydrogens is 348 g/mol. The van der Waals surface area contributed by atoms with Gasteiger partial charge in [0, 0.05) is 12.1 Å². The van der Waals surface area contributed by atoms with Gasteiger partial charge in [-0.05, 0) is 48.9 Å². The number of carbonyl (C=O) groups is 1. The van der Waals surface area contributed by atoms with Crippen molar-refractivity contribution in [3.05, 3.63) is 48.0 Å². The molecule has 0 spiro atoms. The minimum atomic E-state index is -1.32. The number of rotatable bonds is 9. The first-order valence-electron chi connectivity index (χ1n) is 8.54. The van der Waals surface area contributed by atoms with Crippen LogP contribution in [0.4, 0.5) is 5.69 Å². The highest BCUT2D eigenvalue weighted by Crippen LogP contribution is 2.27. The Labute approximate surface area is 159 Å². The molecule has 0 bridgehead atoms. The summed E-state index contributed by atoms with van der Waals surface area (Å²) < 4.78 is 16.3. The van der Waals surface area contributed by atoms with Gasteiger partial charge in [-0.15, -0.1) is 0 Å². The van der Waals surface area contributed by atoms with Crippen LogP contribution in [-0.2, 0) is 11.2 Å². The summed E-state index contributed by atoms with van der Waals surface area (Å²) in [6.45, 7) is 1.52. The van der Waals surface area contributed by atoms with E-state index in [1.54, 1.807) is 38.5 Å². The van der Waals surface area contributed by atoms with Gasteiger partial charge in [-0.1, -0.05) is 6.07 Å². The van der Waals surface area contributed by atoms with Gasteiger partial charge < -0.3 is 30.4 Å². The Kier molecular flexibility index (Phi) is 7.04. The van der Waals surface area contributed by atoms with Gasteiger partial charge in [-0.3, -0.25) is 4.79 Å². The second-order valence-corrected chi connectivity index (χ2v) is 6.34. The summed E-state index contributed by atoms with van der Waals surface area (Å²) in [5, 5.41) is 11.8. The number of carbonyl (C=O) groups excluding carboxylic acids is 1. The fraction of sp³-hybridized carbons (Fsp3) is 0.350. The van der Waals surface area contributed by atoms with Crippen LogP contribution >= 0.6 is 0 Å². The number of ether oxygens (including phenoxy) is 3. The van der Waals surface area contributed by atoms with E-state index >= 15 is 0 Å². The smallest absolute Gasteiger partial charge is 0.246 e. The number of benzene rings is 2. The molecule has 2 aromatic carbocycles. The van der Waals surface area contributed by atoms with Crippen LogP contribution in [0, 0.1) is 0 Å². The Hall–Kier alpha value is -2.77. The summed E-state index contributed by atoms with van der Waals surface area (Å²) >= 11 is 0. The van der Waals surface area contributed by atoms with Crippen LogP contribution in [0.25, 0.3) is 0 Å². The minimum Gasteiger partial charge on any atom is -0.493 e. The van der Waals surface area contributed by atoms with Gasteiger partial charge in [0.2, 0.25) is 5.91 Å². The van der Waals surface area contributed by atoms with E-state index in [1.165, 1.54) is 6.92 Å². The number of aliphatic hydroxyl groups is 1. The molecule has 0 radical (unpaired) electrons. The van der Waals surface area contributed by atoms with Crippen LogP contribution < -0.4 is 25.3 Å². The van der Waals surface area contributed by atoms with Crippen molar-refractivity contribution < 1.29 is 24.1 Å². The molecule has 0 aliphatic carbocycles. The summed E-state index contributed by atoms with van der Waals surface area (Å²) in [5.74, 6) is 1.61. The van der Waals surface area contributed by atoms with Crippen molar-refractivity contribution in [2.24, 2.45) is 5.73 Å². The lowest BCUT2D eigenvalue weighted by atomic mass is 10.0. The van der Waals surface area contributed by atoms with Crippen molar-refractivity contribution in [3.63, 3.8) is 0 Å². The molecule has 7 heteroatoms. The Morgan fingerprint density at radius 1 is 1.11 bits per heavy atom. The molecule has 0 heterocycles. The third-order valence-electron chi connectivity index (χ3n) is 4.07. The average molecular weight is 374 g/mol. The lowest BCUT2D eigenvalue weighted by Gasteiger charge is -2.20. The van der Waals surface area contributed by atoms with Crippen LogP contribution in [0.2, 0.25) is 0 Å². The molecule has 27 heavy (non-hydrogen) atoms. The Bertz CT molecular complexity index is 759. The molecule has 2 rings (SSSR count). The lowest BCUT2D eigenvalue weighted by molar-refractivity contribution is -0.121. The summed E-state index contributed by atoms with van der Waals surface area (Å²) in [7, 11) is 3.21. The maximum Gasteiger partial charge on any atom is 0.246 e. The van der Waals surface area contributed by atoms with Gasteiger partial charge >= 0.3 is 0 Å². The number of nitrogens with two attached hydrogens (primary N) is 1. The van der Waals surface area contributed by atoms with Crippen molar-refractivity contribution >= 4 is 11.6 Å². The fourth-order valence-electron chi connectivity index (χ4n) is 2.30. The molecule has 1 amide bonds. The number of amides is 1. The standard InChI is InChI=1S/C20H26N2O5/c1-20(21,13-23)19(24)22-15-5-7-16(8-6-15)27-11-10-14-4-9-17(25-2)18(12-14)26-3/h4-9,12,23H,10-11,13,21H2,1-3H3,(H,22,24)/t20-/m0/s1. The first kappa shape index (κ1) is 20.5. The second kappa shape index (κ2) is 9.25. The minimum absolute atomic E-state index is 0.434. The van der Waals surface area contributed by atoms with Crippen LogP contribution in [-0.4, -0.2) is 44.0 Å². The number of anilines is 1. The van der Waals surface area contributed by atoms with E-state index in [9.17, 15) is 4.79 Å². The van der Waals surface area contributed by atoms with Crippen molar-refractivity contribution in [2.75, 3.05) is 32.8 Å². The quantitative estimate of drug-likeness (QED) is 0.620. The van der Waals surface area contributed by atoms with Crippen LogP contribution in [0.1, 0.15) is 12.5 Å². The zero-order valence-corrected chi connectivity index (χ0v) is 15.8. The van der Waals surface area contributed by atoms with Crippen LogP contribution in [0.3, 0.4) is 0 Å². The zero-order chi connectivity index (χ0) is 19.9. The summed E-state index contributed by atoms with van der Waals surface area (Å²) in [6, 6.07) is 12.7. The van der Waals surface area contributed by atoms with Crippen molar-refractivity contribution in [1.29, 1.82) is 0 Å². The van der Waals surface area contributed by atoms with Gasteiger partial charge in [-0.2, -0.15) is 0 Å². The molecule has 2 aromatic rings. The van der Waals surface area contributed by atoms with E-state index in [0.717, 1.165) is 5.56 Å². The number of hydrogen-bond donors (Lipinski definition) is 3. The largest absolute Gasteiger partial charge is 0.493 e. The van der Waals surface area contributed by atoms with Crippen molar-refractivity contribution in [1.82, 2.24) is 0 Å². The molecule has 0 aromatic heterocycles. The molecule has 0 saturated carbocycles. The van der Waals surface area contributed by atoms with Crippen LogP contribution in [0.5, 0.6) is 17.2 Å². The van der Waals surface area contributed by atoms with Crippen LogP contribution in [0.15, 0.2) is 42.5 Å². The predicted molar refractivity (Wildman–Crippen MR) is 103 cm³/mol. The monoisotopic (exact) mass is 374 g/mol. The third-order valence-corrected chi connectivity index (χ3v) is 4.07. The summed E-state index contributed by atoms with van der Waals surface area (Å²) in [5.41, 5.74) is 6.02. The molecule has 4 N–H and O–H groups in total. The fourth-order valence-corrected chi connectivity index (χ4v) is 2.30. The van der Waals surface area contributed by atoms with E-state index in [1.807, 2.05) is 18.2 Å². The number of hydrogen-bond acceptors (Lipinski definition) is 6. The number of aliphatic hydroxyl groups excluding tert-OH is 1. The van der Waals surface area contributed by atoms with Gasteiger partial charge in [0.1, 0.15) is 11.3 Å². The summed E-state index contributed by atoms with van der Waals surface area (Å²) in [4.78, 5) is 11.9. The SMILES string of the molecule is COc1ccc(CCOc2ccc(NC(=O)[C@@](C)(N)CO)cc2)cc1OC. The lowest BCUT2D eigenvalue weighted by Crippen LogP contribution is -2.51. The average Bonchev–Trinajstić information content (AvgIpc) is 2.69. The zero-order valence-electron chi connectivity index (χ0n) is 15.8. The molecule has 0 aliphatic heterocycles. The molecule has 0 aliphatic rings. The Morgan fingerprint density at radius 3 is 2.37 bits per heavy atom. The second-order valence-electron chi connectivity index (χ2n) is 6.34. The van der Waals surface area contributed by atoms with Gasteiger partial charge in [-0.25, -0.2) is 0 Å². The highest BCUT2D eigenvalue weighted by Gasteiger charge is 2.27. The first-order chi connectivity index (χ1) is 12.9. The topological polar surface area (TPSA) is 103 Å². The maximum atomic E-state index is 11.9. The Balaban J connectivity index is 1.87. The predicted octanol–water partition coefficient (Wildman–Crippen LogP) is 1.97. The highest BCUT2D eigenvalue weighted by atomic mass is 16.5. The molecular formula is C20H26N2O5. The molecule has 1 atom stereocenters. The summed E-state index contributed by atoms with van der Waals surface area (Å²) in [6.07, 6.45) is 0.709. The van der Waals surface area contributed by atoms with E-state index < -0.39 is 18.1 Å². The molecule has 0 saturated heterocycles. The number of nitrogens with one attached hydrogen (secondary N) is 1.